The summed E-state index contributed by atoms with van der Waals surface area (Å²) in [4.78, 5) is 25.2. The number of carbonyl (C=O) groups excluding carboxylic acids is 2. The Labute approximate surface area is 154 Å². The van der Waals surface area contributed by atoms with E-state index in [4.69, 9.17) is 21.1 Å². The molecule has 0 spiro atoms. The SMILES string of the molecule is O=C(COc1ccccc1F)NCC1CN(c2cccc(Cl)c2)C(=O)O1. The van der Waals surface area contributed by atoms with Crippen molar-refractivity contribution in [2.75, 3.05) is 24.6 Å². The zero-order chi connectivity index (χ0) is 18.5. The minimum atomic E-state index is -0.540. The fourth-order valence-electron chi connectivity index (χ4n) is 2.47. The number of halogens is 2. The van der Waals surface area contributed by atoms with Crippen LogP contribution in [0.4, 0.5) is 14.9 Å². The molecular weight excluding hydrogens is 363 g/mol. The Bertz CT molecular complexity index is 817. The number of nitrogens with zero attached hydrogens (tertiary/aromatic N) is 1. The smallest absolute Gasteiger partial charge is 0.414 e. The van der Waals surface area contributed by atoms with Crippen molar-refractivity contribution in [3.63, 3.8) is 0 Å². The van der Waals surface area contributed by atoms with Crippen molar-refractivity contribution in [2.24, 2.45) is 0 Å². The van der Waals surface area contributed by atoms with E-state index in [-0.39, 0.29) is 25.4 Å². The van der Waals surface area contributed by atoms with E-state index < -0.39 is 23.9 Å². The highest BCUT2D eigenvalue weighted by molar-refractivity contribution is 6.30. The number of carbonyl (C=O) groups is 2. The van der Waals surface area contributed by atoms with E-state index in [1.165, 1.54) is 23.1 Å². The maximum Gasteiger partial charge on any atom is 0.414 e. The molecule has 0 aromatic heterocycles. The van der Waals surface area contributed by atoms with Gasteiger partial charge in [-0.2, -0.15) is 0 Å². The topological polar surface area (TPSA) is 67.9 Å². The fourth-order valence-corrected chi connectivity index (χ4v) is 2.65. The predicted octanol–water partition coefficient (Wildman–Crippen LogP) is 3.00. The lowest BCUT2D eigenvalue weighted by atomic mass is 10.2. The Balaban J connectivity index is 1.47. The molecule has 0 radical (unpaired) electrons. The van der Waals surface area contributed by atoms with Gasteiger partial charge < -0.3 is 14.8 Å². The molecule has 0 bridgehead atoms. The molecule has 1 aliphatic heterocycles. The van der Waals surface area contributed by atoms with E-state index in [2.05, 4.69) is 5.32 Å². The molecule has 2 amide bonds. The summed E-state index contributed by atoms with van der Waals surface area (Å²) >= 11 is 5.93. The van der Waals surface area contributed by atoms with Crippen LogP contribution in [0.25, 0.3) is 0 Å². The second-order valence-corrected chi connectivity index (χ2v) is 6.06. The molecule has 1 fully saturated rings. The van der Waals surface area contributed by atoms with Gasteiger partial charge in [0.25, 0.3) is 5.91 Å². The first-order chi connectivity index (χ1) is 12.5. The van der Waals surface area contributed by atoms with Crippen LogP contribution in [0.15, 0.2) is 48.5 Å². The van der Waals surface area contributed by atoms with Crippen LogP contribution in [0.5, 0.6) is 5.75 Å². The fraction of sp³-hybridized carbons (Fsp3) is 0.222. The molecule has 0 aliphatic carbocycles. The molecule has 26 heavy (non-hydrogen) atoms. The van der Waals surface area contributed by atoms with Gasteiger partial charge in [-0.1, -0.05) is 29.8 Å². The molecule has 2 aromatic carbocycles. The third-order valence-electron chi connectivity index (χ3n) is 3.72. The summed E-state index contributed by atoms with van der Waals surface area (Å²) in [6.07, 6.45) is -1.01. The summed E-state index contributed by atoms with van der Waals surface area (Å²) < 4.78 is 23.8. The van der Waals surface area contributed by atoms with Gasteiger partial charge in [-0.25, -0.2) is 9.18 Å². The second kappa shape index (κ2) is 8.05. The van der Waals surface area contributed by atoms with Crippen LogP contribution < -0.4 is 15.0 Å². The quantitative estimate of drug-likeness (QED) is 0.839. The molecular formula is C18H16ClFN2O4. The van der Waals surface area contributed by atoms with E-state index >= 15 is 0 Å². The van der Waals surface area contributed by atoms with Gasteiger partial charge in [-0.05, 0) is 30.3 Å². The Morgan fingerprint density at radius 2 is 2.12 bits per heavy atom. The molecule has 1 saturated heterocycles. The zero-order valence-electron chi connectivity index (χ0n) is 13.7. The summed E-state index contributed by atoms with van der Waals surface area (Å²) in [5.74, 6) is -0.977. The summed E-state index contributed by atoms with van der Waals surface area (Å²) in [5.41, 5.74) is 0.624. The lowest BCUT2D eigenvalue weighted by molar-refractivity contribution is -0.123. The molecule has 136 valence electrons. The van der Waals surface area contributed by atoms with Crippen molar-refractivity contribution in [3.8, 4) is 5.75 Å². The minimum Gasteiger partial charge on any atom is -0.481 e. The van der Waals surface area contributed by atoms with Crippen LogP contribution >= 0.6 is 11.6 Å². The first-order valence-corrected chi connectivity index (χ1v) is 8.28. The van der Waals surface area contributed by atoms with E-state index in [1.807, 2.05) is 0 Å². The molecule has 0 saturated carbocycles. The van der Waals surface area contributed by atoms with Crippen molar-refractivity contribution < 1.29 is 23.5 Å². The maximum atomic E-state index is 13.4. The van der Waals surface area contributed by atoms with E-state index in [0.717, 1.165) is 0 Å². The molecule has 3 rings (SSSR count). The number of anilines is 1. The van der Waals surface area contributed by atoms with Gasteiger partial charge >= 0.3 is 6.09 Å². The average Bonchev–Trinajstić information content (AvgIpc) is 3.00. The first kappa shape index (κ1) is 18.0. The summed E-state index contributed by atoms with van der Waals surface area (Å²) in [7, 11) is 0. The van der Waals surface area contributed by atoms with Gasteiger partial charge in [0, 0.05) is 10.7 Å². The number of cyclic esters (lactones) is 1. The van der Waals surface area contributed by atoms with E-state index in [1.54, 1.807) is 30.3 Å². The maximum absolute atomic E-state index is 13.4. The minimum absolute atomic E-state index is 0.00192. The Morgan fingerprint density at radius 1 is 1.31 bits per heavy atom. The van der Waals surface area contributed by atoms with Crippen molar-refractivity contribution in [1.29, 1.82) is 0 Å². The van der Waals surface area contributed by atoms with Crippen LogP contribution in [0, 0.1) is 5.82 Å². The van der Waals surface area contributed by atoms with Crippen LogP contribution in [-0.4, -0.2) is 37.8 Å². The average molecular weight is 379 g/mol. The Hall–Kier alpha value is -2.80. The molecule has 1 aliphatic rings. The molecule has 1 N–H and O–H groups in total. The predicted molar refractivity (Wildman–Crippen MR) is 94.0 cm³/mol. The lowest BCUT2D eigenvalue weighted by Crippen LogP contribution is -2.37. The van der Waals surface area contributed by atoms with Crippen LogP contribution in [0.2, 0.25) is 5.02 Å². The molecule has 8 heteroatoms. The van der Waals surface area contributed by atoms with E-state index in [9.17, 15) is 14.0 Å². The standard InChI is InChI=1S/C18H16ClFN2O4/c19-12-4-3-5-13(8-12)22-10-14(26-18(22)24)9-21-17(23)11-25-16-7-2-1-6-15(16)20/h1-8,14H,9-11H2,(H,21,23). The third kappa shape index (κ3) is 4.43. The number of ether oxygens (including phenoxy) is 2. The summed E-state index contributed by atoms with van der Waals surface area (Å²) in [6.45, 7) is 0.0789. The van der Waals surface area contributed by atoms with Crippen molar-refractivity contribution in [1.82, 2.24) is 5.32 Å². The highest BCUT2D eigenvalue weighted by Crippen LogP contribution is 2.24. The van der Waals surface area contributed by atoms with Crippen LogP contribution in [0.3, 0.4) is 0 Å². The lowest BCUT2D eigenvalue weighted by Gasteiger charge is -2.13. The number of amides is 2. The highest BCUT2D eigenvalue weighted by atomic mass is 35.5. The van der Waals surface area contributed by atoms with Gasteiger partial charge in [0.1, 0.15) is 6.10 Å². The number of para-hydroxylation sites is 1. The highest BCUT2D eigenvalue weighted by Gasteiger charge is 2.32. The van der Waals surface area contributed by atoms with Crippen molar-refractivity contribution in [2.45, 2.75) is 6.10 Å². The molecule has 6 nitrogen and oxygen atoms in total. The first-order valence-electron chi connectivity index (χ1n) is 7.90. The van der Waals surface area contributed by atoms with Gasteiger partial charge in [0.2, 0.25) is 0 Å². The van der Waals surface area contributed by atoms with Crippen molar-refractivity contribution >= 4 is 29.3 Å². The largest absolute Gasteiger partial charge is 0.481 e. The number of hydrogen-bond acceptors (Lipinski definition) is 4. The number of nitrogens with one attached hydrogen (secondary N) is 1. The Morgan fingerprint density at radius 3 is 2.88 bits per heavy atom. The van der Waals surface area contributed by atoms with Gasteiger partial charge in [0.05, 0.1) is 13.1 Å². The van der Waals surface area contributed by atoms with Crippen LogP contribution in [0.1, 0.15) is 0 Å². The number of rotatable bonds is 6. The summed E-state index contributed by atoms with van der Waals surface area (Å²) in [5, 5.41) is 3.11. The Kier molecular flexibility index (Phi) is 5.58. The number of benzene rings is 2. The van der Waals surface area contributed by atoms with Gasteiger partial charge in [-0.15, -0.1) is 0 Å². The number of hydrogen-bond donors (Lipinski definition) is 1. The molecule has 1 unspecified atom stereocenters. The second-order valence-electron chi connectivity index (χ2n) is 5.62. The molecule has 1 atom stereocenters. The third-order valence-corrected chi connectivity index (χ3v) is 3.95. The molecule has 2 aromatic rings. The van der Waals surface area contributed by atoms with Gasteiger partial charge in [0.15, 0.2) is 18.2 Å². The normalized spacial score (nSPS) is 16.3. The summed E-state index contributed by atoms with van der Waals surface area (Å²) in [6, 6.07) is 12.7. The van der Waals surface area contributed by atoms with E-state index in [0.29, 0.717) is 10.7 Å². The zero-order valence-corrected chi connectivity index (χ0v) is 14.4. The van der Waals surface area contributed by atoms with Crippen LogP contribution in [-0.2, 0) is 9.53 Å². The van der Waals surface area contributed by atoms with Gasteiger partial charge in [-0.3, -0.25) is 9.69 Å². The molecule has 1 heterocycles. The monoisotopic (exact) mass is 378 g/mol. The van der Waals surface area contributed by atoms with Crippen molar-refractivity contribution in [3.05, 3.63) is 59.4 Å².